The smallest absolute Gasteiger partial charge is 0.229 e. The van der Waals surface area contributed by atoms with E-state index in [1.54, 1.807) is 18.3 Å². The van der Waals surface area contributed by atoms with Gasteiger partial charge in [-0.3, -0.25) is 0 Å². The first-order valence-electron chi connectivity index (χ1n) is 6.85. The van der Waals surface area contributed by atoms with Crippen LogP contribution >= 0.6 is 27.5 Å². The largest absolute Gasteiger partial charge is 0.460 e. The molecule has 1 saturated heterocycles. The normalized spacial score (nSPS) is 31.5. The molecule has 1 aliphatic heterocycles. The molecule has 1 aliphatic rings. The number of aliphatic hydroxyl groups is 4. The molecule has 0 amide bonds. The van der Waals surface area contributed by atoms with Gasteiger partial charge in [0, 0.05) is 10.7 Å². The second-order valence-corrected chi connectivity index (χ2v) is 6.60. The Morgan fingerprint density at radius 3 is 2.65 bits per heavy atom. The predicted octanol–water partition coefficient (Wildman–Crippen LogP) is 0.762. The molecule has 0 saturated carbocycles. The molecule has 1 aromatic heterocycles. The number of hydrogen-bond donors (Lipinski definition) is 5. The van der Waals surface area contributed by atoms with Crippen LogP contribution in [0.5, 0.6) is 5.75 Å². The summed E-state index contributed by atoms with van der Waals surface area (Å²) in [5.41, 5.74) is 0.712. The van der Waals surface area contributed by atoms with Crippen molar-refractivity contribution in [2.45, 2.75) is 30.7 Å². The number of aromatic amines is 1. The molecule has 9 heteroatoms. The average Bonchev–Trinajstić information content (AvgIpc) is 2.90. The number of benzene rings is 1. The van der Waals surface area contributed by atoms with Crippen LogP contribution < -0.4 is 4.74 Å². The maximum Gasteiger partial charge on any atom is 0.229 e. The lowest BCUT2D eigenvalue weighted by atomic mass is 9.99. The fourth-order valence-corrected chi connectivity index (χ4v) is 3.44. The van der Waals surface area contributed by atoms with Crippen LogP contribution in [0, 0.1) is 0 Å². The van der Waals surface area contributed by atoms with Crippen molar-refractivity contribution in [1.29, 1.82) is 0 Å². The summed E-state index contributed by atoms with van der Waals surface area (Å²) in [5, 5.41) is 39.8. The molecule has 1 aromatic carbocycles. The fraction of sp³-hybridized carbons (Fsp3) is 0.429. The minimum absolute atomic E-state index is 0.321. The first kappa shape index (κ1) is 17.0. The van der Waals surface area contributed by atoms with Crippen LogP contribution in [0.25, 0.3) is 10.9 Å². The maximum atomic E-state index is 10.0. The van der Waals surface area contributed by atoms with E-state index in [1.807, 2.05) is 0 Å². The molecule has 3 rings (SSSR count). The number of ether oxygens (including phenoxy) is 2. The van der Waals surface area contributed by atoms with Crippen LogP contribution in [0.2, 0.25) is 5.02 Å². The lowest BCUT2D eigenvalue weighted by molar-refractivity contribution is -0.277. The van der Waals surface area contributed by atoms with Crippen molar-refractivity contribution in [3.8, 4) is 5.75 Å². The summed E-state index contributed by atoms with van der Waals surface area (Å²) in [5.74, 6) is 0.321. The van der Waals surface area contributed by atoms with E-state index >= 15 is 0 Å². The van der Waals surface area contributed by atoms with Crippen LogP contribution in [0.15, 0.2) is 22.8 Å². The summed E-state index contributed by atoms with van der Waals surface area (Å²) < 4.78 is 11.7. The van der Waals surface area contributed by atoms with Crippen molar-refractivity contribution in [1.82, 2.24) is 4.98 Å². The predicted molar refractivity (Wildman–Crippen MR) is 85.4 cm³/mol. The van der Waals surface area contributed by atoms with Gasteiger partial charge in [0.1, 0.15) is 30.2 Å². The van der Waals surface area contributed by atoms with Crippen LogP contribution in [0.3, 0.4) is 0 Å². The van der Waals surface area contributed by atoms with E-state index in [-0.39, 0.29) is 0 Å². The second-order valence-electron chi connectivity index (χ2n) is 5.28. The lowest BCUT2D eigenvalue weighted by Gasteiger charge is -2.39. The van der Waals surface area contributed by atoms with Gasteiger partial charge in [-0.05, 0) is 12.1 Å². The Balaban J connectivity index is 1.89. The van der Waals surface area contributed by atoms with Gasteiger partial charge in [-0.25, -0.2) is 0 Å². The molecule has 23 heavy (non-hydrogen) atoms. The van der Waals surface area contributed by atoms with E-state index in [2.05, 4.69) is 20.9 Å². The van der Waals surface area contributed by atoms with Gasteiger partial charge in [-0.2, -0.15) is 0 Å². The minimum atomic E-state index is -1.50. The van der Waals surface area contributed by atoms with E-state index in [4.69, 9.17) is 21.1 Å². The maximum absolute atomic E-state index is 10.0. The van der Waals surface area contributed by atoms with Crippen molar-refractivity contribution < 1.29 is 29.9 Å². The quantitative estimate of drug-likeness (QED) is 0.512. The van der Waals surface area contributed by atoms with Crippen LogP contribution in [-0.4, -0.2) is 62.7 Å². The highest BCUT2D eigenvalue weighted by atomic mass is 79.9. The zero-order chi connectivity index (χ0) is 16.7. The Morgan fingerprint density at radius 1 is 1.22 bits per heavy atom. The number of rotatable bonds is 3. The average molecular weight is 409 g/mol. The molecule has 0 aliphatic carbocycles. The van der Waals surface area contributed by atoms with Gasteiger partial charge < -0.3 is 34.9 Å². The van der Waals surface area contributed by atoms with Gasteiger partial charge in [-0.1, -0.05) is 27.5 Å². The number of nitrogens with one attached hydrogen (secondary N) is 1. The monoisotopic (exact) mass is 407 g/mol. The third-order valence-corrected chi connectivity index (χ3v) is 4.51. The molecule has 0 radical (unpaired) electrons. The third-order valence-electron chi connectivity index (χ3n) is 3.75. The van der Waals surface area contributed by atoms with Gasteiger partial charge in [0.25, 0.3) is 0 Å². The van der Waals surface area contributed by atoms with Gasteiger partial charge >= 0.3 is 0 Å². The van der Waals surface area contributed by atoms with E-state index in [0.29, 0.717) is 21.7 Å². The Kier molecular flexibility index (Phi) is 4.84. The highest BCUT2D eigenvalue weighted by Crippen LogP contribution is 2.36. The van der Waals surface area contributed by atoms with Crippen molar-refractivity contribution in [2.24, 2.45) is 0 Å². The van der Waals surface area contributed by atoms with Crippen LogP contribution in [0.4, 0.5) is 0 Å². The molecule has 0 spiro atoms. The third kappa shape index (κ3) is 3.08. The van der Waals surface area contributed by atoms with E-state index in [1.165, 1.54) is 0 Å². The highest BCUT2D eigenvalue weighted by molar-refractivity contribution is 9.10. The molecule has 1 fully saturated rings. The first-order valence-corrected chi connectivity index (χ1v) is 8.02. The molecule has 2 aromatic rings. The SMILES string of the molecule is OC[C@H]1O[C@@H](Oc2c[nH]c3cc(Br)cc(Cl)c23)[C@H](O)[C@@H](O)[C@H]1O. The Morgan fingerprint density at radius 2 is 1.96 bits per heavy atom. The van der Waals surface area contributed by atoms with E-state index in [0.717, 1.165) is 4.47 Å². The van der Waals surface area contributed by atoms with Crippen molar-refractivity contribution in [3.05, 3.63) is 27.8 Å². The van der Waals surface area contributed by atoms with Gasteiger partial charge in [0.2, 0.25) is 6.29 Å². The summed E-state index contributed by atoms with van der Waals surface area (Å²) >= 11 is 9.54. The molecule has 7 nitrogen and oxygen atoms in total. The topological polar surface area (TPSA) is 115 Å². The molecular weight excluding hydrogens is 394 g/mol. The summed E-state index contributed by atoms with van der Waals surface area (Å²) in [4.78, 5) is 2.98. The number of H-pyrrole nitrogens is 1. The van der Waals surface area contributed by atoms with Gasteiger partial charge in [-0.15, -0.1) is 0 Å². The number of hydrogen-bond acceptors (Lipinski definition) is 6. The number of aliphatic hydroxyl groups excluding tert-OH is 4. The summed E-state index contributed by atoms with van der Waals surface area (Å²) in [6.45, 7) is -0.521. The van der Waals surface area contributed by atoms with Gasteiger partial charge in [0.05, 0.1) is 22.5 Å². The first-order chi connectivity index (χ1) is 10.9. The van der Waals surface area contributed by atoms with E-state index in [9.17, 15) is 20.4 Å². The van der Waals surface area contributed by atoms with Crippen LogP contribution in [-0.2, 0) is 4.74 Å². The zero-order valence-electron chi connectivity index (χ0n) is 11.7. The Hall–Kier alpha value is -0.870. The summed E-state index contributed by atoms with van der Waals surface area (Å²) in [6.07, 6.45) is -5.16. The van der Waals surface area contributed by atoms with Gasteiger partial charge in [0.15, 0.2) is 0 Å². The van der Waals surface area contributed by atoms with Crippen molar-refractivity contribution in [3.63, 3.8) is 0 Å². The molecule has 2 heterocycles. The standard InChI is InChI=1S/C14H15BrClNO6/c15-5-1-6(16)10-7(2-5)17-3-8(10)22-14-13(21)12(20)11(19)9(4-18)23-14/h1-3,9,11-14,17-21H,4H2/t9-,11+,12+,13-,14-/m1/s1. The highest BCUT2D eigenvalue weighted by Gasteiger charge is 2.44. The zero-order valence-corrected chi connectivity index (χ0v) is 14.0. The molecular formula is C14H15BrClNO6. The lowest BCUT2D eigenvalue weighted by Crippen LogP contribution is -2.60. The fourth-order valence-electron chi connectivity index (χ4n) is 2.54. The van der Waals surface area contributed by atoms with Crippen LogP contribution in [0.1, 0.15) is 0 Å². The summed E-state index contributed by atoms with van der Waals surface area (Å²) in [7, 11) is 0. The van der Waals surface area contributed by atoms with E-state index < -0.39 is 37.3 Å². The molecule has 5 N–H and O–H groups in total. The molecule has 126 valence electrons. The Bertz CT molecular complexity index is 708. The molecule has 0 unspecified atom stereocenters. The summed E-state index contributed by atoms with van der Waals surface area (Å²) in [6, 6.07) is 3.50. The van der Waals surface area contributed by atoms with Crippen molar-refractivity contribution >= 4 is 38.4 Å². The minimum Gasteiger partial charge on any atom is -0.460 e. The van der Waals surface area contributed by atoms with Crippen molar-refractivity contribution in [2.75, 3.05) is 6.61 Å². The second kappa shape index (κ2) is 6.56. The number of halogens is 2. The number of aromatic nitrogens is 1. The number of fused-ring (bicyclic) bond motifs is 1. The molecule has 5 atom stereocenters. The molecule has 0 bridgehead atoms. The Labute approximate surface area is 144 Å².